The van der Waals surface area contributed by atoms with Gasteiger partial charge >= 0.3 is 0 Å². The minimum absolute atomic E-state index is 0.00541. The summed E-state index contributed by atoms with van der Waals surface area (Å²) in [6.45, 7) is 21.2. The lowest BCUT2D eigenvalue weighted by molar-refractivity contribution is -0.0848. The summed E-state index contributed by atoms with van der Waals surface area (Å²) in [5.41, 5.74) is 5.70. The maximum Gasteiger partial charge on any atom is 0.0594 e. The van der Waals surface area contributed by atoms with Crippen molar-refractivity contribution in [1.29, 1.82) is 0 Å². The van der Waals surface area contributed by atoms with Crippen molar-refractivity contribution >= 4 is 0 Å². The van der Waals surface area contributed by atoms with Crippen molar-refractivity contribution in [3.8, 4) is 0 Å². The van der Waals surface area contributed by atoms with Gasteiger partial charge in [-0.2, -0.15) is 0 Å². The molecule has 4 aliphatic rings. The second kappa shape index (κ2) is 7.61. The lowest BCUT2D eigenvalue weighted by Crippen LogP contribution is -2.54. The van der Waals surface area contributed by atoms with Crippen molar-refractivity contribution in [1.82, 2.24) is 0 Å². The van der Waals surface area contributed by atoms with E-state index in [1.54, 1.807) is 11.1 Å². The Labute approximate surface area is 192 Å². The quantitative estimate of drug-likeness (QED) is 0.440. The number of fused-ring (bicyclic) bond motifs is 5. The fourth-order valence-electron chi connectivity index (χ4n) is 8.43. The summed E-state index contributed by atoms with van der Waals surface area (Å²) < 4.78 is 0. The number of allylic oxidation sites excluding steroid dienone is 5. The largest absolute Gasteiger partial charge is 0.393 e. The van der Waals surface area contributed by atoms with E-state index in [0.29, 0.717) is 22.7 Å². The Morgan fingerprint density at radius 3 is 2.45 bits per heavy atom. The molecule has 0 amide bonds. The van der Waals surface area contributed by atoms with Crippen LogP contribution in [0.4, 0.5) is 0 Å². The third kappa shape index (κ3) is 3.27. The smallest absolute Gasteiger partial charge is 0.0594 e. The minimum Gasteiger partial charge on any atom is -0.393 e. The van der Waals surface area contributed by atoms with Gasteiger partial charge in [0.2, 0.25) is 0 Å². The van der Waals surface area contributed by atoms with Gasteiger partial charge in [-0.25, -0.2) is 0 Å². The molecule has 174 valence electrons. The van der Waals surface area contributed by atoms with Crippen LogP contribution in [0, 0.1) is 39.4 Å². The molecule has 0 aromatic carbocycles. The van der Waals surface area contributed by atoms with E-state index in [9.17, 15) is 5.11 Å². The van der Waals surface area contributed by atoms with Gasteiger partial charge in [-0.15, -0.1) is 0 Å². The average Bonchev–Trinajstić information content (AvgIpc) is 2.96. The molecule has 5 unspecified atom stereocenters. The number of aliphatic hydroxyl groups is 1. The number of hydrogen-bond donors (Lipinski definition) is 1. The zero-order chi connectivity index (χ0) is 22.8. The maximum absolute atomic E-state index is 10.8. The molecule has 1 N–H and O–H groups in total. The van der Waals surface area contributed by atoms with Crippen LogP contribution in [0.1, 0.15) is 106 Å². The van der Waals surface area contributed by atoms with E-state index in [1.807, 2.05) is 0 Å². The molecule has 2 saturated carbocycles. The number of rotatable bonds is 5. The topological polar surface area (TPSA) is 20.2 Å². The molecule has 1 nitrogen and oxygen atoms in total. The minimum atomic E-state index is -0.165. The summed E-state index contributed by atoms with van der Waals surface area (Å²) in [5, 5.41) is 10.8. The van der Waals surface area contributed by atoms with Crippen LogP contribution in [0.2, 0.25) is 0 Å². The van der Waals surface area contributed by atoms with Crippen LogP contribution >= 0.6 is 0 Å². The van der Waals surface area contributed by atoms with Gasteiger partial charge in [-0.3, -0.25) is 0 Å². The normalized spacial score (nSPS) is 43.6. The molecule has 0 aromatic rings. The van der Waals surface area contributed by atoms with Crippen LogP contribution in [0.25, 0.3) is 0 Å². The molecule has 0 spiro atoms. The number of aliphatic hydroxyl groups excluding tert-OH is 1. The highest BCUT2D eigenvalue weighted by atomic mass is 16.3. The molecule has 6 atom stereocenters. The predicted octanol–water partition coefficient (Wildman–Crippen LogP) is 8.26. The molecular formula is C30H48O. The van der Waals surface area contributed by atoms with Crippen LogP contribution in [-0.2, 0) is 0 Å². The summed E-state index contributed by atoms with van der Waals surface area (Å²) in [5.74, 6) is 1.99. The first-order valence-electron chi connectivity index (χ1n) is 13.2. The molecule has 4 aliphatic carbocycles. The first-order valence-corrected chi connectivity index (χ1v) is 13.2. The molecule has 0 aliphatic heterocycles. The molecule has 2 fully saturated rings. The van der Waals surface area contributed by atoms with E-state index in [1.165, 1.54) is 44.1 Å². The summed E-state index contributed by atoms with van der Waals surface area (Å²) >= 11 is 0. The summed E-state index contributed by atoms with van der Waals surface area (Å²) in [7, 11) is 0. The van der Waals surface area contributed by atoms with Crippen molar-refractivity contribution in [3.63, 3.8) is 0 Å². The fraction of sp³-hybridized carbons (Fsp3) is 0.800. The van der Waals surface area contributed by atoms with Crippen molar-refractivity contribution in [2.45, 2.75) is 112 Å². The zero-order valence-electron chi connectivity index (χ0n) is 21.5. The predicted molar refractivity (Wildman–Crippen MR) is 133 cm³/mol. The Morgan fingerprint density at radius 2 is 1.77 bits per heavy atom. The van der Waals surface area contributed by atoms with Gasteiger partial charge in [-0.1, -0.05) is 72.8 Å². The average molecular weight is 425 g/mol. The summed E-state index contributed by atoms with van der Waals surface area (Å²) in [6, 6.07) is 0. The molecule has 0 aromatic heterocycles. The maximum atomic E-state index is 10.8. The Morgan fingerprint density at radius 1 is 1.06 bits per heavy atom. The lowest BCUT2D eigenvalue weighted by atomic mass is 9.44. The van der Waals surface area contributed by atoms with E-state index in [2.05, 4.69) is 67.2 Å². The molecule has 0 saturated heterocycles. The monoisotopic (exact) mass is 424 g/mol. The lowest BCUT2D eigenvalue weighted by Gasteiger charge is -2.60. The van der Waals surface area contributed by atoms with E-state index in [-0.39, 0.29) is 16.9 Å². The summed E-state index contributed by atoms with van der Waals surface area (Å²) in [4.78, 5) is 0. The first kappa shape index (κ1) is 23.3. The first-order chi connectivity index (χ1) is 14.4. The van der Waals surface area contributed by atoms with Gasteiger partial charge in [0, 0.05) is 0 Å². The zero-order valence-corrected chi connectivity index (χ0v) is 21.5. The molecule has 0 bridgehead atoms. The van der Waals surface area contributed by atoms with Gasteiger partial charge in [0.05, 0.1) is 6.10 Å². The third-order valence-corrected chi connectivity index (χ3v) is 11.3. The third-order valence-electron chi connectivity index (χ3n) is 11.3. The van der Waals surface area contributed by atoms with Crippen LogP contribution < -0.4 is 0 Å². The molecule has 1 heteroatoms. The van der Waals surface area contributed by atoms with Crippen LogP contribution in [0.5, 0.6) is 0 Å². The second-order valence-corrected chi connectivity index (χ2v) is 13.2. The van der Waals surface area contributed by atoms with Gasteiger partial charge in [0.25, 0.3) is 0 Å². The van der Waals surface area contributed by atoms with Crippen molar-refractivity contribution in [3.05, 3.63) is 35.5 Å². The van der Waals surface area contributed by atoms with Crippen molar-refractivity contribution < 1.29 is 5.11 Å². The van der Waals surface area contributed by atoms with Crippen molar-refractivity contribution in [2.75, 3.05) is 0 Å². The number of hydrogen-bond acceptors (Lipinski definition) is 1. The van der Waals surface area contributed by atoms with E-state index in [0.717, 1.165) is 25.2 Å². The Hall–Kier alpha value is -0.820. The van der Waals surface area contributed by atoms with E-state index < -0.39 is 0 Å². The molecule has 0 radical (unpaired) electrons. The van der Waals surface area contributed by atoms with E-state index >= 15 is 0 Å². The molecule has 31 heavy (non-hydrogen) atoms. The van der Waals surface area contributed by atoms with Gasteiger partial charge in [0.15, 0.2) is 0 Å². The molecule has 0 heterocycles. The summed E-state index contributed by atoms with van der Waals surface area (Å²) in [6.07, 6.45) is 16.2. The highest BCUT2D eigenvalue weighted by molar-refractivity contribution is 5.49. The highest BCUT2D eigenvalue weighted by Gasteiger charge is 2.62. The van der Waals surface area contributed by atoms with Gasteiger partial charge < -0.3 is 5.11 Å². The standard InChI is InChI=1S/C30H48O/c1-20(2)21(3)10-9-11-22-14-18-30(8)24-12-13-25-27(4,5)26(31)16-17-28(25,6)23(24)15-19-29(22,30)7/h12,15,20,22,25-26,31H,3,9-11,13-14,16-19H2,1-2,4-8H3/t22?,25?,26?,28?,29?,30-/m0/s1. The SMILES string of the molecule is C=C(CCCC1CC[C@@]2(C)C3=CCC4C(C)(CCC(O)C4(C)C)C3=CCC12C)C(C)C. The molecular weight excluding hydrogens is 376 g/mol. The Balaban J connectivity index is 1.60. The molecule has 4 rings (SSSR count). The van der Waals surface area contributed by atoms with Crippen molar-refractivity contribution in [2.24, 2.45) is 39.4 Å². The van der Waals surface area contributed by atoms with Crippen LogP contribution in [-0.4, -0.2) is 11.2 Å². The highest BCUT2D eigenvalue weighted by Crippen LogP contribution is 2.71. The Bertz CT molecular complexity index is 797. The van der Waals surface area contributed by atoms with Gasteiger partial charge in [0.1, 0.15) is 0 Å². The van der Waals surface area contributed by atoms with Crippen LogP contribution in [0.15, 0.2) is 35.5 Å². The van der Waals surface area contributed by atoms with Crippen LogP contribution in [0.3, 0.4) is 0 Å². The Kier molecular flexibility index (Phi) is 5.73. The fourth-order valence-corrected chi connectivity index (χ4v) is 8.43. The van der Waals surface area contributed by atoms with Gasteiger partial charge in [-0.05, 0) is 108 Å². The second-order valence-electron chi connectivity index (χ2n) is 13.2. The van der Waals surface area contributed by atoms with E-state index in [4.69, 9.17) is 0 Å².